The van der Waals surface area contributed by atoms with Gasteiger partial charge in [0.15, 0.2) is 0 Å². The molecule has 0 heterocycles. The molecule has 0 N–H and O–H groups in total. The maximum Gasteiger partial charge on any atom is 1.00 e. The summed E-state index contributed by atoms with van der Waals surface area (Å²) in [5.41, 5.74) is 9.00. The van der Waals surface area contributed by atoms with E-state index in [4.69, 9.17) is 5.53 Å². The molecule has 0 aliphatic carbocycles. The van der Waals surface area contributed by atoms with Crippen LogP contribution in [0.2, 0.25) is 0 Å². The molecule has 8 heavy (non-hydrogen) atoms. The van der Waals surface area contributed by atoms with Gasteiger partial charge in [0, 0.05) is 6.20 Å². The summed E-state index contributed by atoms with van der Waals surface area (Å²) in [6, 6.07) is 0. The van der Waals surface area contributed by atoms with Crippen molar-refractivity contribution < 1.29 is 18.9 Å². The number of rotatable bonds is 2. The van der Waals surface area contributed by atoms with Crippen LogP contribution in [0.1, 0.15) is 20.3 Å². The van der Waals surface area contributed by atoms with Crippen LogP contribution < -0.4 is 18.9 Å². The quantitative estimate of drug-likeness (QED) is 0.329. The van der Waals surface area contributed by atoms with Gasteiger partial charge in [0.2, 0.25) is 0 Å². The zero-order chi connectivity index (χ0) is 5.70. The minimum Gasteiger partial charge on any atom is -0.707 e. The Morgan fingerprint density at radius 1 is 1.75 bits per heavy atom. The molecule has 0 aromatic rings. The zero-order valence-electron chi connectivity index (χ0n) is 5.68. The van der Waals surface area contributed by atoms with Gasteiger partial charge in [0.1, 0.15) is 0 Å². The average Bonchev–Trinajstić information content (AvgIpc) is 1.68. The smallest absolute Gasteiger partial charge is 0.707 e. The van der Waals surface area contributed by atoms with Gasteiger partial charge in [-0.2, -0.15) is 0 Å². The third kappa shape index (κ3) is 5.94. The van der Waals surface area contributed by atoms with E-state index in [0.717, 1.165) is 12.0 Å². The fourth-order valence-corrected chi connectivity index (χ4v) is 0.190. The van der Waals surface area contributed by atoms with Crippen LogP contribution in [0.25, 0.3) is 5.53 Å². The standard InChI is InChI=1S/C5H9N2.Li/c1-3-5(2)4-7-6;/h4H,3H2,1-2H3;/q-1;+1/b5-4+;. The first-order valence-electron chi connectivity index (χ1n) is 2.31. The van der Waals surface area contributed by atoms with Crippen molar-refractivity contribution in [2.45, 2.75) is 20.3 Å². The largest absolute Gasteiger partial charge is 1.00 e. The average molecular weight is 104 g/mol. The fourth-order valence-electron chi connectivity index (χ4n) is 0.190. The third-order valence-electron chi connectivity index (χ3n) is 0.836. The normalized spacial score (nSPS) is 10.0. The molecule has 0 aromatic carbocycles. The maximum atomic E-state index is 7.92. The Balaban J connectivity index is 0. The van der Waals surface area contributed by atoms with Gasteiger partial charge < -0.3 is 10.6 Å². The van der Waals surface area contributed by atoms with Gasteiger partial charge in [-0.3, -0.25) is 0 Å². The minimum atomic E-state index is 0. The second-order valence-electron chi connectivity index (χ2n) is 1.44. The molecule has 0 radical (unpaired) electrons. The number of nitrogens with zero attached hydrogens (tertiary/aromatic N) is 2. The van der Waals surface area contributed by atoms with Gasteiger partial charge in [-0.25, -0.2) is 0 Å². The second kappa shape index (κ2) is 6.94. The van der Waals surface area contributed by atoms with Crippen LogP contribution in [0, 0.1) is 0 Å². The number of hydrogen-bond acceptors (Lipinski definition) is 1. The van der Waals surface area contributed by atoms with Crippen LogP contribution in [0.5, 0.6) is 0 Å². The van der Waals surface area contributed by atoms with Crippen LogP contribution in [0.4, 0.5) is 0 Å². The van der Waals surface area contributed by atoms with Crippen LogP contribution in [-0.2, 0) is 0 Å². The number of hydrogen-bond donors (Lipinski definition) is 0. The Kier molecular flexibility index (Phi) is 9.40. The summed E-state index contributed by atoms with van der Waals surface area (Å²) in [6.45, 7) is 3.93. The SMILES string of the molecule is CC/C(C)=C/N=[N-].[Li+]. The molecule has 0 aromatic heterocycles. The van der Waals surface area contributed by atoms with Crippen LogP contribution in [0.15, 0.2) is 16.9 Å². The molecule has 0 amide bonds. The summed E-state index contributed by atoms with van der Waals surface area (Å²) in [5, 5.41) is 2.84. The van der Waals surface area contributed by atoms with Gasteiger partial charge in [0.25, 0.3) is 0 Å². The molecule has 0 spiro atoms. The molecule has 0 saturated carbocycles. The molecule has 2 nitrogen and oxygen atoms in total. The minimum absolute atomic E-state index is 0. The molecule has 0 fully saturated rings. The molecule has 0 unspecified atom stereocenters. The van der Waals surface area contributed by atoms with Crippen LogP contribution in [-0.4, -0.2) is 0 Å². The van der Waals surface area contributed by atoms with E-state index in [0.29, 0.717) is 0 Å². The first-order chi connectivity index (χ1) is 3.31. The van der Waals surface area contributed by atoms with Crippen LogP contribution in [0.3, 0.4) is 0 Å². The van der Waals surface area contributed by atoms with Crippen molar-refractivity contribution >= 4 is 0 Å². The van der Waals surface area contributed by atoms with Crippen LogP contribution >= 0.6 is 0 Å². The predicted molar refractivity (Wildman–Crippen MR) is 29.8 cm³/mol. The van der Waals surface area contributed by atoms with E-state index >= 15 is 0 Å². The van der Waals surface area contributed by atoms with Crippen molar-refractivity contribution in [2.24, 2.45) is 5.11 Å². The van der Waals surface area contributed by atoms with Crippen molar-refractivity contribution in [3.63, 3.8) is 0 Å². The molecule has 0 aliphatic heterocycles. The van der Waals surface area contributed by atoms with Gasteiger partial charge >= 0.3 is 18.9 Å². The van der Waals surface area contributed by atoms with E-state index in [1.165, 1.54) is 6.20 Å². The summed E-state index contributed by atoms with van der Waals surface area (Å²) in [4.78, 5) is 0. The van der Waals surface area contributed by atoms with Gasteiger partial charge in [-0.05, 0) is 13.3 Å². The molecule has 0 saturated heterocycles. The summed E-state index contributed by atoms with van der Waals surface area (Å²) >= 11 is 0. The summed E-state index contributed by atoms with van der Waals surface area (Å²) < 4.78 is 0. The molecule has 40 valence electrons. The molecular formula is C5H9LiN2. The molecule has 3 heteroatoms. The maximum absolute atomic E-state index is 7.92. The van der Waals surface area contributed by atoms with E-state index in [9.17, 15) is 0 Å². The van der Waals surface area contributed by atoms with E-state index in [1.807, 2.05) is 13.8 Å². The molecule has 0 rings (SSSR count). The summed E-state index contributed by atoms with van der Waals surface area (Å²) in [7, 11) is 0. The first-order valence-corrected chi connectivity index (χ1v) is 2.31. The topological polar surface area (TPSA) is 34.7 Å². The summed E-state index contributed by atoms with van der Waals surface area (Å²) in [5.74, 6) is 0. The predicted octanol–water partition coefficient (Wildman–Crippen LogP) is -0.674. The van der Waals surface area contributed by atoms with Gasteiger partial charge in [0.05, 0.1) is 0 Å². The van der Waals surface area contributed by atoms with Gasteiger partial charge in [-0.15, -0.1) is 0 Å². The van der Waals surface area contributed by atoms with Crippen molar-refractivity contribution in [1.82, 2.24) is 0 Å². The summed E-state index contributed by atoms with van der Waals surface area (Å²) in [6.07, 6.45) is 2.39. The van der Waals surface area contributed by atoms with Crippen molar-refractivity contribution in [2.75, 3.05) is 0 Å². The van der Waals surface area contributed by atoms with Crippen molar-refractivity contribution in [1.29, 1.82) is 0 Å². The number of allylic oxidation sites excluding steroid dienone is 1. The van der Waals surface area contributed by atoms with E-state index in [-0.39, 0.29) is 18.9 Å². The molecule has 0 atom stereocenters. The van der Waals surface area contributed by atoms with Crippen molar-refractivity contribution in [3.05, 3.63) is 17.3 Å². The Hall–Kier alpha value is -0.0626. The van der Waals surface area contributed by atoms with E-state index in [2.05, 4.69) is 5.11 Å². The Labute approximate surface area is 62.0 Å². The Morgan fingerprint density at radius 2 is 2.25 bits per heavy atom. The monoisotopic (exact) mass is 104 g/mol. The molecule has 0 bridgehead atoms. The molecular weight excluding hydrogens is 95.0 g/mol. The van der Waals surface area contributed by atoms with E-state index < -0.39 is 0 Å². The van der Waals surface area contributed by atoms with Gasteiger partial charge in [-0.1, -0.05) is 12.5 Å². The third-order valence-corrected chi connectivity index (χ3v) is 0.836. The fraction of sp³-hybridized carbons (Fsp3) is 0.600. The van der Waals surface area contributed by atoms with E-state index in [1.54, 1.807) is 0 Å². The zero-order valence-corrected chi connectivity index (χ0v) is 5.68. The Bertz CT molecular complexity index is 88.4. The Morgan fingerprint density at radius 3 is 2.38 bits per heavy atom. The first kappa shape index (κ1) is 10.8. The molecule has 0 aliphatic rings. The second-order valence-corrected chi connectivity index (χ2v) is 1.44. The van der Waals surface area contributed by atoms with Crippen molar-refractivity contribution in [3.8, 4) is 0 Å².